The Bertz CT molecular complexity index is 390. The summed E-state index contributed by atoms with van der Waals surface area (Å²) in [5.41, 5.74) is 6.31. The standard InChI is InChI=1S/C14H26N4OS/c1-3-18(4-2)8-6-5-7-16-13(19)9-12-11-20-14(10-15)17-12/h11H,3-10,15H2,1-2H3,(H,16,19). The minimum atomic E-state index is 0.0433. The van der Waals surface area contributed by atoms with Gasteiger partial charge in [-0.2, -0.15) is 0 Å². The quantitative estimate of drug-likeness (QED) is 0.640. The van der Waals surface area contributed by atoms with Gasteiger partial charge in [-0.25, -0.2) is 4.98 Å². The number of aromatic nitrogens is 1. The molecule has 1 amide bonds. The van der Waals surface area contributed by atoms with E-state index in [-0.39, 0.29) is 5.91 Å². The van der Waals surface area contributed by atoms with Crippen LogP contribution in [0.1, 0.15) is 37.4 Å². The van der Waals surface area contributed by atoms with Crippen LogP contribution in [0.5, 0.6) is 0 Å². The van der Waals surface area contributed by atoms with Crippen molar-refractivity contribution in [2.24, 2.45) is 5.73 Å². The zero-order valence-electron chi connectivity index (χ0n) is 12.5. The topological polar surface area (TPSA) is 71.2 Å². The average molecular weight is 298 g/mol. The molecule has 5 nitrogen and oxygen atoms in total. The minimum Gasteiger partial charge on any atom is -0.356 e. The predicted molar refractivity (Wildman–Crippen MR) is 83.7 cm³/mol. The van der Waals surface area contributed by atoms with Crippen LogP contribution in [0.25, 0.3) is 0 Å². The van der Waals surface area contributed by atoms with E-state index in [2.05, 4.69) is 29.0 Å². The smallest absolute Gasteiger partial charge is 0.226 e. The van der Waals surface area contributed by atoms with Gasteiger partial charge in [-0.1, -0.05) is 13.8 Å². The van der Waals surface area contributed by atoms with Crippen LogP contribution in [-0.2, 0) is 17.8 Å². The highest BCUT2D eigenvalue weighted by molar-refractivity contribution is 7.09. The Labute approximate surface area is 125 Å². The molecular weight excluding hydrogens is 272 g/mol. The van der Waals surface area contributed by atoms with Crippen molar-refractivity contribution in [2.45, 2.75) is 39.7 Å². The van der Waals surface area contributed by atoms with Gasteiger partial charge in [0.25, 0.3) is 0 Å². The molecule has 1 rings (SSSR count). The molecule has 0 aliphatic heterocycles. The maximum Gasteiger partial charge on any atom is 0.226 e. The first-order chi connectivity index (χ1) is 9.69. The van der Waals surface area contributed by atoms with Crippen LogP contribution in [0.3, 0.4) is 0 Å². The SMILES string of the molecule is CCN(CC)CCCCNC(=O)Cc1csc(CN)n1. The summed E-state index contributed by atoms with van der Waals surface area (Å²) in [6.45, 7) is 8.83. The molecule has 0 aromatic carbocycles. The Morgan fingerprint density at radius 1 is 1.40 bits per heavy atom. The molecule has 6 heteroatoms. The summed E-state index contributed by atoms with van der Waals surface area (Å²) < 4.78 is 0. The van der Waals surface area contributed by atoms with Crippen molar-refractivity contribution in [2.75, 3.05) is 26.2 Å². The van der Waals surface area contributed by atoms with E-state index in [1.165, 1.54) is 11.3 Å². The summed E-state index contributed by atoms with van der Waals surface area (Å²) in [6, 6.07) is 0. The first kappa shape index (κ1) is 17.1. The van der Waals surface area contributed by atoms with Gasteiger partial charge in [0.2, 0.25) is 5.91 Å². The van der Waals surface area contributed by atoms with Crippen molar-refractivity contribution in [3.05, 3.63) is 16.1 Å². The van der Waals surface area contributed by atoms with Gasteiger partial charge in [0.1, 0.15) is 5.01 Å². The van der Waals surface area contributed by atoms with Gasteiger partial charge in [-0.05, 0) is 32.5 Å². The van der Waals surface area contributed by atoms with E-state index in [0.29, 0.717) is 13.0 Å². The predicted octanol–water partition coefficient (Wildman–Crippen LogP) is 1.38. The van der Waals surface area contributed by atoms with E-state index in [1.807, 2.05) is 5.38 Å². The lowest BCUT2D eigenvalue weighted by molar-refractivity contribution is -0.120. The number of amides is 1. The number of hydrogen-bond acceptors (Lipinski definition) is 5. The van der Waals surface area contributed by atoms with Crippen LogP contribution in [0.2, 0.25) is 0 Å². The molecule has 0 unspecified atom stereocenters. The first-order valence-corrected chi connectivity index (χ1v) is 8.19. The molecule has 0 spiro atoms. The van der Waals surface area contributed by atoms with Crippen molar-refractivity contribution < 1.29 is 4.79 Å². The van der Waals surface area contributed by atoms with Gasteiger partial charge < -0.3 is 16.0 Å². The van der Waals surface area contributed by atoms with Crippen LogP contribution in [-0.4, -0.2) is 42.0 Å². The number of carbonyl (C=O) groups is 1. The van der Waals surface area contributed by atoms with Crippen molar-refractivity contribution >= 4 is 17.2 Å². The molecule has 0 radical (unpaired) electrons. The van der Waals surface area contributed by atoms with E-state index >= 15 is 0 Å². The lowest BCUT2D eigenvalue weighted by atomic mass is 10.2. The molecule has 0 atom stereocenters. The molecule has 3 N–H and O–H groups in total. The maximum atomic E-state index is 11.7. The lowest BCUT2D eigenvalue weighted by Crippen LogP contribution is -2.28. The zero-order chi connectivity index (χ0) is 14.8. The van der Waals surface area contributed by atoms with E-state index in [0.717, 1.165) is 49.7 Å². The van der Waals surface area contributed by atoms with Crippen LogP contribution < -0.4 is 11.1 Å². The number of nitrogens with zero attached hydrogens (tertiary/aromatic N) is 2. The number of nitrogens with two attached hydrogens (primary N) is 1. The summed E-state index contributed by atoms with van der Waals surface area (Å²) in [7, 11) is 0. The summed E-state index contributed by atoms with van der Waals surface area (Å²) >= 11 is 1.51. The van der Waals surface area contributed by atoms with E-state index in [4.69, 9.17) is 5.73 Å². The number of carbonyl (C=O) groups excluding carboxylic acids is 1. The Morgan fingerprint density at radius 3 is 2.75 bits per heavy atom. The van der Waals surface area contributed by atoms with Crippen molar-refractivity contribution in [3.8, 4) is 0 Å². The fourth-order valence-electron chi connectivity index (χ4n) is 1.98. The summed E-state index contributed by atoms with van der Waals surface area (Å²) in [6.07, 6.45) is 2.50. The molecule has 0 fully saturated rings. The van der Waals surface area contributed by atoms with Gasteiger partial charge in [0.15, 0.2) is 0 Å². The molecule has 0 aliphatic carbocycles. The van der Waals surface area contributed by atoms with Gasteiger partial charge in [0.05, 0.1) is 12.1 Å². The summed E-state index contributed by atoms with van der Waals surface area (Å²) in [4.78, 5) is 18.4. The fraction of sp³-hybridized carbons (Fsp3) is 0.714. The molecule has 1 heterocycles. The van der Waals surface area contributed by atoms with Gasteiger partial charge in [-0.3, -0.25) is 4.79 Å². The Hall–Kier alpha value is -0.980. The molecule has 0 aliphatic rings. The Balaban J connectivity index is 2.11. The van der Waals surface area contributed by atoms with Gasteiger partial charge in [-0.15, -0.1) is 11.3 Å². The molecular formula is C14H26N4OS. The Kier molecular flexibility index (Phi) is 8.41. The lowest BCUT2D eigenvalue weighted by Gasteiger charge is -2.17. The highest BCUT2D eigenvalue weighted by Gasteiger charge is 2.06. The second-order valence-corrected chi connectivity index (χ2v) is 5.64. The third kappa shape index (κ3) is 6.45. The van der Waals surface area contributed by atoms with Crippen LogP contribution in [0.4, 0.5) is 0 Å². The monoisotopic (exact) mass is 298 g/mol. The highest BCUT2D eigenvalue weighted by Crippen LogP contribution is 2.09. The van der Waals surface area contributed by atoms with E-state index in [1.54, 1.807) is 0 Å². The third-order valence-electron chi connectivity index (χ3n) is 3.23. The van der Waals surface area contributed by atoms with E-state index < -0.39 is 0 Å². The summed E-state index contributed by atoms with van der Waals surface area (Å²) in [5.74, 6) is 0.0433. The highest BCUT2D eigenvalue weighted by atomic mass is 32.1. The molecule has 20 heavy (non-hydrogen) atoms. The Morgan fingerprint density at radius 2 is 2.15 bits per heavy atom. The molecule has 0 bridgehead atoms. The number of thiazole rings is 1. The normalized spacial score (nSPS) is 11.0. The maximum absolute atomic E-state index is 11.7. The van der Waals surface area contributed by atoms with Gasteiger partial charge >= 0.3 is 0 Å². The van der Waals surface area contributed by atoms with Crippen LogP contribution >= 0.6 is 11.3 Å². The number of hydrogen-bond donors (Lipinski definition) is 2. The van der Waals surface area contributed by atoms with Crippen molar-refractivity contribution in [1.29, 1.82) is 0 Å². The van der Waals surface area contributed by atoms with Crippen LogP contribution in [0, 0.1) is 0 Å². The minimum absolute atomic E-state index is 0.0433. The van der Waals surface area contributed by atoms with Gasteiger partial charge in [0, 0.05) is 18.5 Å². The third-order valence-corrected chi connectivity index (χ3v) is 4.15. The van der Waals surface area contributed by atoms with Crippen molar-refractivity contribution in [3.63, 3.8) is 0 Å². The molecule has 1 aromatic heterocycles. The molecule has 0 saturated carbocycles. The first-order valence-electron chi connectivity index (χ1n) is 7.32. The van der Waals surface area contributed by atoms with Crippen molar-refractivity contribution in [1.82, 2.24) is 15.2 Å². The zero-order valence-corrected chi connectivity index (χ0v) is 13.3. The second kappa shape index (κ2) is 9.85. The number of unbranched alkanes of at least 4 members (excludes halogenated alkanes) is 1. The average Bonchev–Trinajstić information content (AvgIpc) is 2.90. The molecule has 0 saturated heterocycles. The summed E-state index contributed by atoms with van der Waals surface area (Å²) in [5, 5.41) is 5.73. The molecule has 114 valence electrons. The largest absolute Gasteiger partial charge is 0.356 e. The second-order valence-electron chi connectivity index (χ2n) is 4.70. The van der Waals surface area contributed by atoms with E-state index in [9.17, 15) is 4.79 Å². The fourth-order valence-corrected chi connectivity index (χ4v) is 2.65. The number of rotatable bonds is 10. The van der Waals surface area contributed by atoms with Crippen LogP contribution in [0.15, 0.2) is 5.38 Å². The molecule has 1 aromatic rings. The number of nitrogens with one attached hydrogen (secondary N) is 1.